The summed E-state index contributed by atoms with van der Waals surface area (Å²) in [6.45, 7) is 22.5. The van der Waals surface area contributed by atoms with Gasteiger partial charge in [-0.15, -0.1) is 0 Å². The van der Waals surface area contributed by atoms with E-state index in [1.807, 2.05) is 6.92 Å². The summed E-state index contributed by atoms with van der Waals surface area (Å²) >= 11 is 12.3. The summed E-state index contributed by atoms with van der Waals surface area (Å²) in [6.07, 6.45) is 13.9. The molecule has 18 nitrogen and oxygen atoms in total. The fraction of sp³-hybridized carbons (Fsp3) is 0.638. The molecule has 3 saturated heterocycles. The summed E-state index contributed by atoms with van der Waals surface area (Å²) in [6, 6.07) is 4.80. The highest BCUT2D eigenvalue weighted by Crippen LogP contribution is 2.45. The summed E-state index contributed by atoms with van der Waals surface area (Å²) in [5.74, 6) is 2.65. The molecule has 0 unspecified atom stereocenters. The Hall–Kier alpha value is -5.27. The molecule has 0 aromatic heterocycles. The third-order valence-corrected chi connectivity index (χ3v) is 16.0. The number of carbonyl (C=O) groups is 3. The van der Waals surface area contributed by atoms with Crippen molar-refractivity contribution < 1.29 is 52.3 Å². The average molecular weight is 1130 g/mol. The van der Waals surface area contributed by atoms with Crippen LogP contribution in [0.5, 0.6) is 34.5 Å². The zero-order chi connectivity index (χ0) is 55.6. The van der Waals surface area contributed by atoms with Crippen molar-refractivity contribution in [1.29, 1.82) is 0 Å². The number of piperidine rings is 3. The number of ether oxygens (including phenoxy) is 8. The molecule has 9 rings (SSSR count). The Kier molecular flexibility index (Phi) is 23.5. The fourth-order valence-electron chi connectivity index (χ4n) is 10.4. The second-order valence-corrected chi connectivity index (χ2v) is 22.0. The lowest BCUT2D eigenvalue weighted by atomic mass is 9.96. The Morgan fingerprint density at radius 1 is 0.513 bits per heavy atom. The van der Waals surface area contributed by atoms with E-state index >= 15 is 0 Å². The first-order valence-corrected chi connectivity index (χ1v) is 29.3. The molecule has 6 aliphatic heterocycles. The Morgan fingerprint density at radius 3 is 1.24 bits per heavy atom. The van der Waals surface area contributed by atoms with Crippen molar-refractivity contribution in [3.05, 3.63) is 50.5 Å². The Labute approximate surface area is 471 Å². The number of unbranched alkanes of at least 4 members (excludes halogenated alkanes) is 3. The third-order valence-electron chi connectivity index (χ3n) is 15.4. The van der Waals surface area contributed by atoms with Crippen LogP contribution in [0.25, 0.3) is 0 Å². The van der Waals surface area contributed by atoms with E-state index in [0.29, 0.717) is 139 Å². The molecule has 432 valence electrons. The van der Waals surface area contributed by atoms with Crippen LogP contribution in [0.1, 0.15) is 134 Å². The van der Waals surface area contributed by atoms with Gasteiger partial charge in [0, 0.05) is 6.54 Å². The predicted molar refractivity (Wildman–Crippen MR) is 305 cm³/mol. The van der Waals surface area contributed by atoms with Crippen molar-refractivity contribution in [1.82, 2.24) is 20.0 Å². The normalized spacial score (nSPS) is 17.9. The molecule has 1 amide bonds. The Balaban J connectivity index is 0.000000170. The maximum absolute atomic E-state index is 12.7. The molecule has 78 heavy (non-hydrogen) atoms. The van der Waals surface area contributed by atoms with Gasteiger partial charge in [0.1, 0.15) is 50.8 Å². The number of likely N-dealkylation sites (tertiary alicyclic amines) is 3. The van der Waals surface area contributed by atoms with E-state index in [-0.39, 0.29) is 28.1 Å². The van der Waals surface area contributed by atoms with Crippen LogP contribution in [-0.2, 0) is 9.47 Å². The van der Waals surface area contributed by atoms with Crippen LogP contribution in [0.2, 0.25) is 10.0 Å². The van der Waals surface area contributed by atoms with E-state index in [0.717, 1.165) is 89.9 Å². The van der Waals surface area contributed by atoms with Crippen LogP contribution in [-0.4, -0.2) is 151 Å². The molecule has 7 N–H and O–H groups in total. The van der Waals surface area contributed by atoms with E-state index in [4.69, 9.17) is 78.3 Å². The number of rotatable bonds is 18. The molecule has 6 heterocycles. The van der Waals surface area contributed by atoms with Crippen LogP contribution in [0, 0.1) is 24.7 Å². The minimum Gasteiger partial charge on any atom is -0.485 e. The van der Waals surface area contributed by atoms with Gasteiger partial charge in [0.15, 0.2) is 34.5 Å². The van der Waals surface area contributed by atoms with Crippen molar-refractivity contribution in [2.24, 2.45) is 17.8 Å². The first-order chi connectivity index (χ1) is 37.8. The quantitative estimate of drug-likeness (QED) is 0.0688. The molecule has 0 saturated carbocycles. The van der Waals surface area contributed by atoms with E-state index in [2.05, 4.69) is 40.8 Å². The van der Waals surface area contributed by atoms with E-state index in [1.54, 1.807) is 12.1 Å². The third kappa shape index (κ3) is 16.4. The van der Waals surface area contributed by atoms with E-state index in [1.165, 1.54) is 57.7 Å². The molecule has 0 aliphatic carbocycles. The highest BCUT2D eigenvalue weighted by Gasteiger charge is 2.31. The highest BCUT2D eigenvalue weighted by atomic mass is 35.5. The van der Waals surface area contributed by atoms with Gasteiger partial charge in [-0.05, 0) is 165 Å². The van der Waals surface area contributed by atoms with Gasteiger partial charge in [0.05, 0.1) is 45.9 Å². The van der Waals surface area contributed by atoms with Gasteiger partial charge in [-0.2, -0.15) is 0 Å². The lowest BCUT2D eigenvalue weighted by Gasteiger charge is -2.32. The minimum atomic E-state index is -0.443. The zero-order valence-electron chi connectivity index (χ0n) is 46.5. The van der Waals surface area contributed by atoms with E-state index < -0.39 is 5.97 Å². The Bertz CT molecular complexity index is 2200. The van der Waals surface area contributed by atoms with Crippen molar-refractivity contribution >= 4 is 58.1 Å². The number of nitrogens with two attached hydrogens (primary N) is 3. The molecule has 0 spiro atoms. The number of nitrogens with one attached hydrogen (secondary N) is 1. The number of carbonyl (C=O) groups excluding carboxylic acids is 3. The summed E-state index contributed by atoms with van der Waals surface area (Å²) in [5.41, 5.74) is 20.9. The largest absolute Gasteiger partial charge is 0.485 e. The van der Waals surface area contributed by atoms with E-state index in [9.17, 15) is 14.4 Å². The number of halogens is 2. The van der Waals surface area contributed by atoms with Crippen molar-refractivity contribution in [2.45, 2.75) is 105 Å². The number of amides is 1. The number of aryl methyl sites for hydroxylation is 1. The van der Waals surface area contributed by atoms with Gasteiger partial charge in [-0.3, -0.25) is 4.79 Å². The molecule has 3 aromatic rings. The summed E-state index contributed by atoms with van der Waals surface area (Å²) < 4.78 is 44.7. The summed E-state index contributed by atoms with van der Waals surface area (Å²) in [7, 11) is 0. The van der Waals surface area contributed by atoms with Gasteiger partial charge >= 0.3 is 11.9 Å². The minimum absolute atomic E-state index is 0.193. The first kappa shape index (κ1) is 60.4. The summed E-state index contributed by atoms with van der Waals surface area (Å²) in [5, 5.41) is 3.61. The van der Waals surface area contributed by atoms with Crippen LogP contribution in [0.4, 0.5) is 17.1 Å². The number of fused-ring (bicyclic) bond motifs is 3. The predicted octanol–water partition coefficient (Wildman–Crippen LogP) is 9.31. The van der Waals surface area contributed by atoms with Crippen LogP contribution < -0.4 is 50.9 Å². The number of nitrogen functional groups attached to an aromatic ring is 3. The molecule has 0 radical (unpaired) electrons. The highest BCUT2D eigenvalue weighted by molar-refractivity contribution is 6.34. The van der Waals surface area contributed by atoms with Crippen LogP contribution in [0.3, 0.4) is 0 Å². The van der Waals surface area contributed by atoms with Gasteiger partial charge < -0.3 is 75.1 Å². The van der Waals surface area contributed by atoms with Crippen molar-refractivity contribution in [2.75, 3.05) is 136 Å². The molecule has 20 heteroatoms. The van der Waals surface area contributed by atoms with Crippen molar-refractivity contribution in [3.8, 4) is 34.5 Å². The van der Waals surface area contributed by atoms with Crippen LogP contribution >= 0.6 is 23.2 Å². The SMILES string of the molecule is CCCCN1CCC(CNC(=O)c2cc(Cl)c(N)c3c2OCCO3)CC1.CCCCN1CCC(COC(=O)c2cc(C)c(N)c3c2OCCO3)CC1.CCCCN1CCC(COC(=O)c2cc(Cl)c(N)c3c2OCCO3)CC1. The lowest BCUT2D eigenvalue weighted by molar-refractivity contribution is 0.0356. The lowest BCUT2D eigenvalue weighted by Crippen LogP contribution is -2.39. The standard InChI is InChI=1S/C20H30N2O4.C19H28ClN3O3.C19H27ClN2O4/c1-3-4-7-22-8-5-15(6-9-22)13-26-20(23)16-12-14(2)17(21)19-18(16)24-10-11-25-19;1-2-3-6-23-7-4-13(5-8-23)12-22-19(24)14-11-15(20)16(21)18-17(14)25-9-10-26-18;1-2-3-6-22-7-4-13(5-8-22)12-26-19(23)14-11-15(20)16(21)18-17(14)24-9-10-25-18/h12,15H,3-11,13,21H2,1-2H3;11,13H,2-10,12,21H2,1H3,(H,22,24);11,13H,2-10,12,21H2,1H3. The maximum Gasteiger partial charge on any atom is 0.342 e. The average Bonchev–Trinajstić information content (AvgIpc) is 3.50. The zero-order valence-corrected chi connectivity index (χ0v) is 48.0. The second kappa shape index (κ2) is 30.4. The smallest absolute Gasteiger partial charge is 0.342 e. The molecule has 0 bridgehead atoms. The molecular formula is C58H85Cl2N7O11. The molecule has 6 aliphatic rings. The van der Waals surface area contributed by atoms with Gasteiger partial charge in [-0.1, -0.05) is 63.2 Å². The van der Waals surface area contributed by atoms with Gasteiger partial charge in [0.25, 0.3) is 5.91 Å². The molecule has 3 aromatic carbocycles. The molecule has 0 atom stereocenters. The van der Waals surface area contributed by atoms with Gasteiger partial charge in [-0.25, -0.2) is 9.59 Å². The summed E-state index contributed by atoms with van der Waals surface area (Å²) in [4.78, 5) is 45.4. The number of benzene rings is 3. The fourth-order valence-corrected chi connectivity index (χ4v) is 10.8. The topological polar surface area (TPSA) is 225 Å². The number of hydrogen-bond acceptors (Lipinski definition) is 17. The van der Waals surface area contributed by atoms with Gasteiger partial charge in [0.2, 0.25) is 0 Å². The van der Waals surface area contributed by atoms with Crippen LogP contribution in [0.15, 0.2) is 18.2 Å². The number of esters is 2. The molecule has 3 fully saturated rings. The number of hydrogen-bond donors (Lipinski definition) is 4. The second-order valence-electron chi connectivity index (χ2n) is 21.2. The maximum atomic E-state index is 12.7. The first-order valence-electron chi connectivity index (χ1n) is 28.5. The monoisotopic (exact) mass is 1130 g/mol. The van der Waals surface area contributed by atoms with Crippen molar-refractivity contribution in [3.63, 3.8) is 0 Å². The number of nitrogens with zero attached hydrogens (tertiary/aromatic N) is 3. The molecular weight excluding hydrogens is 1040 g/mol. The number of anilines is 3. The Morgan fingerprint density at radius 2 is 0.846 bits per heavy atom.